The Labute approximate surface area is 122 Å². The van der Waals surface area contributed by atoms with Crippen molar-refractivity contribution in [3.8, 4) is 0 Å². The van der Waals surface area contributed by atoms with E-state index < -0.39 is 17.9 Å². The molecule has 6 nitrogen and oxygen atoms in total. The molecule has 0 bridgehead atoms. The van der Waals surface area contributed by atoms with Crippen molar-refractivity contribution in [2.75, 3.05) is 0 Å². The highest BCUT2D eigenvalue weighted by molar-refractivity contribution is 7.08. The van der Waals surface area contributed by atoms with E-state index in [2.05, 4.69) is 14.9 Å². The number of hydrogen-bond acceptors (Lipinski definition) is 5. The van der Waals surface area contributed by atoms with Gasteiger partial charge in [0.2, 0.25) is 0 Å². The van der Waals surface area contributed by atoms with E-state index in [4.69, 9.17) is 5.11 Å². The number of rotatable bonds is 5. The smallest absolute Gasteiger partial charge is 0.326 e. The lowest BCUT2D eigenvalue weighted by Crippen LogP contribution is -2.42. The van der Waals surface area contributed by atoms with Gasteiger partial charge in [-0.05, 0) is 23.9 Å². The number of carbonyl (C=O) groups is 2. The molecule has 1 amide bonds. The van der Waals surface area contributed by atoms with E-state index in [1.165, 1.54) is 0 Å². The summed E-state index contributed by atoms with van der Waals surface area (Å²) in [6.45, 7) is 9.63. The van der Waals surface area contributed by atoms with Crippen LogP contribution < -0.4 is 5.32 Å². The average molecular weight is 299 g/mol. The van der Waals surface area contributed by atoms with Crippen molar-refractivity contribution in [1.29, 1.82) is 0 Å². The molecule has 0 fully saturated rings. The van der Waals surface area contributed by atoms with Crippen LogP contribution in [0.5, 0.6) is 0 Å². The Morgan fingerprint density at radius 1 is 1.35 bits per heavy atom. The Morgan fingerprint density at radius 3 is 2.40 bits per heavy atom. The van der Waals surface area contributed by atoms with Gasteiger partial charge in [-0.15, -0.1) is 5.10 Å². The summed E-state index contributed by atoms with van der Waals surface area (Å²) in [7, 11) is 0. The molecule has 2 N–H and O–H groups in total. The second-order valence-corrected chi connectivity index (χ2v) is 6.95. The molecule has 7 heteroatoms. The largest absolute Gasteiger partial charge is 0.480 e. The summed E-state index contributed by atoms with van der Waals surface area (Å²) in [5.41, 5.74) is 0.282. The summed E-state index contributed by atoms with van der Waals surface area (Å²) < 4.78 is 3.81. The molecule has 1 heterocycles. The zero-order valence-electron chi connectivity index (χ0n) is 12.4. The van der Waals surface area contributed by atoms with Gasteiger partial charge in [0.1, 0.15) is 10.9 Å². The molecule has 0 radical (unpaired) electrons. The second-order valence-electron chi connectivity index (χ2n) is 6.19. The molecule has 1 aromatic rings. The molecular formula is C13H21N3O3S. The number of hydrogen-bond donors (Lipinski definition) is 2. The fourth-order valence-electron chi connectivity index (χ4n) is 1.75. The molecule has 1 aromatic heterocycles. The Kier molecular flexibility index (Phi) is 5.21. The first-order valence-electron chi connectivity index (χ1n) is 6.49. The van der Waals surface area contributed by atoms with Crippen LogP contribution in [0.2, 0.25) is 0 Å². The zero-order valence-corrected chi connectivity index (χ0v) is 13.2. The van der Waals surface area contributed by atoms with Crippen LogP contribution >= 0.6 is 11.5 Å². The average Bonchev–Trinajstić information content (AvgIpc) is 2.75. The van der Waals surface area contributed by atoms with Crippen molar-refractivity contribution in [2.45, 2.75) is 52.5 Å². The summed E-state index contributed by atoms with van der Waals surface area (Å²) in [6.07, 6.45) is 0.387. The van der Waals surface area contributed by atoms with Crippen LogP contribution in [0.25, 0.3) is 0 Å². The van der Waals surface area contributed by atoms with Crippen LogP contribution in [0.3, 0.4) is 0 Å². The molecule has 0 aliphatic heterocycles. The van der Waals surface area contributed by atoms with Gasteiger partial charge < -0.3 is 10.4 Å². The number of carbonyl (C=O) groups excluding carboxylic acids is 1. The van der Waals surface area contributed by atoms with Crippen LogP contribution in [0.4, 0.5) is 0 Å². The summed E-state index contributed by atoms with van der Waals surface area (Å²) in [6, 6.07) is -0.891. The highest BCUT2D eigenvalue weighted by atomic mass is 32.1. The van der Waals surface area contributed by atoms with Crippen LogP contribution in [0.15, 0.2) is 0 Å². The lowest BCUT2D eigenvalue weighted by molar-refractivity contribution is -0.139. The van der Waals surface area contributed by atoms with Crippen LogP contribution in [-0.2, 0) is 10.2 Å². The normalized spacial score (nSPS) is 13.3. The third kappa shape index (κ3) is 4.26. The van der Waals surface area contributed by atoms with Crippen molar-refractivity contribution in [2.24, 2.45) is 5.92 Å². The third-order valence-electron chi connectivity index (χ3n) is 2.72. The molecule has 0 saturated heterocycles. The third-order valence-corrected chi connectivity index (χ3v) is 3.44. The lowest BCUT2D eigenvalue weighted by atomic mass is 9.91. The van der Waals surface area contributed by atoms with Gasteiger partial charge in [-0.3, -0.25) is 4.79 Å². The Balaban J connectivity index is 2.90. The first kappa shape index (κ1) is 16.6. The predicted octanol–water partition coefficient (Wildman–Crippen LogP) is 2.06. The first-order valence-corrected chi connectivity index (χ1v) is 7.26. The van der Waals surface area contributed by atoms with Gasteiger partial charge in [-0.1, -0.05) is 39.1 Å². The summed E-state index contributed by atoms with van der Waals surface area (Å²) in [4.78, 5) is 23.8. The SMILES string of the molecule is CC(C)CC(NC(=O)c1snnc1C(C)(C)C)C(=O)O. The number of nitrogens with zero attached hydrogens (tertiary/aromatic N) is 2. The van der Waals surface area contributed by atoms with Crippen LogP contribution in [0, 0.1) is 5.92 Å². The molecule has 20 heavy (non-hydrogen) atoms. The molecule has 0 saturated carbocycles. The fourth-order valence-corrected chi connectivity index (χ4v) is 2.53. The lowest BCUT2D eigenvalue weighted by Gasteiger charge is -2.19. The van der Waals surface area contributed by atoms with Crippen molar-refractivity contribution in [1.82, 2.24) is 14.9 Å². The molecule has 0 spiro atoms. The summed E-state index contributed by atoms with van der Waals surface area (Å²) in [5.74, 6) is -1.27. The standard InChI is InChI=1S/C13H21N3O3S/c1-7(2)6-8(12(18)19)14-11(17)9-10(13(3,4)5)15-16-20-9/h7-8H,6H2,1-5H3,(H,14,17)(H,18,19). The van der Waals surface area contributed by atoms with Gasteiger partial charge in [-0.25, -0.2) is 4.79 Å². The topological polar surface area (TPSA) is 92.2 Å². The molecule has 1 rings (SSSR count). The second kappa shape index (κ2) is 6.30. The number of carboxylic acids is 1. The summed E-state index contributed by atoms with van der Waals surface area (Å²) >= 11 is 0.991. The quantitative estimate of drug-likeness (QED) is 0.868. The highest BCUT2D eigenvalue weighted by Crippen LogP contribution is 2.25. The predicted molar refractivity (Wildman–Crippen MR) is 77.0 cm³/mol. The van der Waals surface area contributed by atoms with E-state index in [9.17, 15) is 9.59 Å². The van der Waals surface area contributed by atoms with Gasteiger partial charge >= 0.3 is 5.97 Å². The van der Waals surface area contributed by atoms with Crippen LogP contribution in [0.1, 0.15) is 56.4 Å². The van der Waals surface area contributed by atoms with Crippen LogP contribution in [-0.4, -0.2) is 32.6 Å². The van der Waals surface area contributed by atoms with E-state index in [0.29, 0.717) is 17.0 Å². The first-order chi connectivity index (χ1) is 9.12. The number of aliphatic carboxylic acids is 1. The van der Waals surface area contributed by atoms with Gasteiger partial charge in [-0.2, -0.15) is 0 Å². The molecule has 0 aliphatic rings. The van der Waals surface area contributed by atoms with Crippen molar-refractivity contribution < 1.29 is 14.7 Å². The van der Waals surface area contributed by atoms with Crippen molar-refractivity contribution in [3.05, 3.63) is 10.6 Å². The van der Waals surface area contributed by atoms with Gasteiger partial charge in [0.25, 0.3) is 5.91 Å². The van der Waals surface area contributed by atoms with E-state index in [0.717, 1.165) is 11.5 Å². The minimum atomic E-state index is -1.03. The zero-order chi connectivity index (χ0) is 15.5. The number of nitrogens with one attached hydrogen (secondary N) is 1. The maximum Gasteiger partial charge on any atom is 0.326 e. The minimum Gasteiger partial charge on any atom is -0.480 e. The highest BCUT2D eigenvalue weighted by Gasteiger charge is 2.29. The van der Waals surface area contributed by atoms with E-state index in [1.54, 1.807) is 0 Å². The maximum absolute atomic E-state index is 12.2. The van der Waals surface area contributed by atoms with Gasteiger partial charge in [0.05, 0.1) is 5.69 Å². The van der Waals surface area contributed by atoms with E-state index in [1.807, 2.05) is 34.6 Å². The Morgan fingerprint density at radius 2 is 1.95 bits per heavy atom. The summed E-state index contributed by atoms with van der Waals surface area (Å²) in [5, 5.41) is 15.7. The number of amides is 1. The number of aromatic nitrogens is 2. The monoisotopic (exact) mass is 299 g/mol. The number of carboxylic acid groups (broad SMARTS) is 1. The molecule has 0 aromatic carbocycles. The molecule has 1 unspecified atom stereocenters. The van der Waals surface area contributed by atoms with Gasteiger partial charge in [0, 0.05) is 5.41 Å². The molecular weight excluding hydrogens is 278 g/mol. The van der Waals surface area contributed by atoms with E-state index in [-0.39, 0.29) is 11.3 Å². The molecule has 0 aliphatic carbocycles. The van der Waals surface area contributed by atoms with E-state index >= 15 is 0 Å². The van der Waals surface area contributed by atoms with Crippen molar-refractivity contribution in [3.63, 3.8) is 0 Å². The Hall–Kier alpha value is -1.50. The maximum atomic E-state index is 12.2. The van der Waals surface area contributed by atoms with Crippen molar-refractivity contribution >= 4 is 23.4 Å². The molecule has 1 atom stereocenters. The Bertz CT molecular complexity index is 491. The fraction of sp³-hybridized carbons (Fsp3) is 0.692. The van der Waals surface area contributed by atoms with Gasteiger partial charge in [0.15, 0.2) is 0 Å². The minimum absolute atomic E-state index is 0.179. The molecule has 112 valence electrons.